The molecule has 0 radical (unpaired) electrons. The molecule has 0 heterocycles. The molecule has 0 aliphatic rings. The van der Waals surface area contributed by atoms with Crippen molar-refractivity contribution >= 4 is 21.0 Å². The fourth-order valence-electron chi connectivity index (χ4n) is 2.35. The number of carbonyl (C=O) groups excluding carboxylic acids is 2. The first-order chi connectivity index (χ1) is 10.6. The lowest BCUT2D eigenvalue weighted by Crippen LogP contribution is -2.26. The Morgan fingerprint density at radius 3 is 1.96 bits per heavy atom. The van der Waals surface area contributed by atoms with Gasteiger partial charge >= 0.3 is 11.9 Å². The molecular formula is C17H26O5Si. The number of hydrogen-bond donors (Lipinski definition) is 0. The summed E-state index contributed by atoms with van der Waals surface area (Å²) >= 11 is 0. The smallest absolute Gasteiger partial charge is 0.338 e. The molecular weight excluding hydrogens is 312 g/mol. The van der Waals surface area contributed by atoms with E-state index in [0.717, 1.165) is 5.56 Å². The molecule has 0 saturated carbocycles. The van der Waals surface area contributed by atoms with Crippen molar-refractivity contribution in [2.24, 2.45) is 5.41 Å². The molecule has 5 nitrogen and oxygen atoms in total. The topological polar surface area (TPSA) is 61.8 Å². The van der Waals surface area contributed by atoms with Crippen molar-refractivity contribution in [3.63, 3.8) is 0 Å². The van der Waals surface area contributed by atoms with E-state index in [1.807, 2.05) is 6.07 Å². The van der Waals surface area contributed by atoms with Crippen LogP contribution in [0.5, 0.6) is 0 Å². The molecule has 0 aliphatic heterocycles. The van der Waals surface area contributed by atoms with Crippen molar-refractivity contribution in [3.8, 4) is 0 Å². The third-order valence-electron chi connectivity index (χ3n) is 3.35. The molecule has 0 saturated heterocycles. The molecule has 6 heteroatoms. The second kappa shape index (κ2) is 7.74. The zero-order valence-corrected chi connectivity index (χ0v) is 16.1. The third-order valence-corrected chi connectivity index (χ3v) is 4.17. The summed E-state index contributed by atoms with van der Waals surface area (Å²) in [6.07, 6.45) is -0.163. The van der Waals surface area contributed by atoms with E-state index in [0.29, 0.717) is 0 Å². The van der Waals surface area contributed by atoms with E-state index >= 15 is 0 Å². The van der Waals surface area contributed by atoms with Gasteiger partial charge in [-0.05, 0) is 36.2 Å². The van der Waals surface area contributed by atoms with Gasteiger partial charge in [-0.3, -0.25) is 0 Å². The summed E-state index contributed by atoms with van der Waals surface area (Å²) in [5.74, 6) is -1.13. The second-order valence-electron chi connectivity index (χ2n) is 6.72. The lowest BCUT2D eigenvalue weighted by atomic mass is 9.84. The van der Waals surface area contributed by atoms with Crippen molar-refractivity contribution in [3.05, 3.63) is 34.9 Å². The molecule has 0 fully saturated rings. The van der Waals surface area contributed by atoms with Crippen LogP contribution < -0.4 is 0 Å². The highest BCUT2D eigenvalue weighted by Gasteiger charge is 2.30. The molecule has 0 aliphatic carbocycles. The number of hydrogen-bond acceptors (Lipinski definition) is 5. The van der Waals surface area contributed by atoms with Crippen LogP contribution in [0.3, 0.4) is 0 Å². The maximum absolute atomic E-state index is 12.0. The number of methoxy groups -OCH3 is 2. The van der Waals surface area contributed by atoms with E-state index in [4.69, 9.17) is 13.9 Å². The van der Waals surface area contributed by atoms with E-state index in [9.17, 15) is 9.59 Å². The lowest BCUT2D eigenvalue weighted by molar-refractivity contribution is 0.0553. The van der Waals surface area contributed by atoms with Gasteiger partial charge in [0.1, 0.15) is 0 Å². The van der Waals surface area contributed by atoms with Crippen LogP contribution in [0.2, 0.25) is 13.1 Å². The van der Waals surface area contributed by atoms with Gasteiger partial charge in [-0.1, -0.05) is 26.8 Å². The molecule has 0 amide bonds. The van der Waals surface area contributed by atoms with E-state index in [-0.39, 0.29) is 22.6 Å². The van der Waals surface area contributed by atoms with Gasteiger partial charge in [0.2, 0.25) is 0 Å². The van der Waals surface area contributed by atoms with Crippen LogP contribution in [0, 0.1) is 5.41 Å². The zero-order chi connectivity index (χ0) is 17.8. The Kier molecular flexibility index (Phi) is 6.53. The number of ether oxygens (including phenoxy) is 2. The molecule has 1 rings (SSSR count). The van der Waals surface area contributed by atoms with Crippen LogP contribution in [0.15, 0.2) is 18.2 Å². The summed E-state index contributed by atoms with van der Waals surface area (Å²) in [6, 6.07) is 5.08. The van der Waals surface area contributed by atoms with E-state index < -0.39 is 21.0 Å². The van der Waals surface area contributed by atoms with E-state index in [2.05, 4.69) is 33.9 Å². The Morgan fingerprint density at radius 1 is 1.00 bits per heavy atom. The SMILES string of the molecule is COC(=O)c1ccc(C(O[SiH](C)C)C(C)(C)C)cc1C(=O)OC. The summed E-state index contributed by atoms with van der Waals surface area (Å²) in [7, 11) is 1.28. The highest BCUT2D eigenvalue weighted by Crippen LogP contribution is 2.37. The fourth-order valence-corrected chi connectivity index (χ4v) is 3.46. The average Bonchev–Trinajstić information content (AvgIpc) is 2.49. The highest BCUT2D eigenvalue weighted by molar-refractivity contribution is 6.48. The molecule has 0 bridgehead atoms. The van der Waals surface area contributed by atoms with Gasteiger partial charge < -0.3 is 13.9 Å². The van der Waals surface area contributed by atoms with Crippen molar-refractivity contribution in [2.45, 2.75) is 40.0 Å². The maximum atomic E-state index is 12.0. The van der Waals surface area contributed by atoms with Gasteiger partial charge in [0, 0.05) is 0 Å². The fraction of sp³-hybridized carbons (Fsp3) is 0.529. The van der Waals surface area contributed by atoms with Crippen molar-refractivity contribution in [1.29, 1.82) is 0 Å². The summed E-state index contributed by atoms with van der Waals surface area (Å²) in [5, 5.41) is 0. The number of benzene rings is 1. The first kappa shape index (κ1) is 19.4. The molecule has 1 unspecified atom stereocenters. The predicted octanol–water partition coefficient (Wildman–Crippen LogP) is 3.35. The highest BCUT2D eigenvalue weighted by atomic mass is 28.3. The van der Waals surface area contributed by atoms with Crippen molar-refractivity contribution in [2.75, 3.05) is 14.2 Å². The summed E-state index contributed by atoms with van der Waals surface area (Å²) < 4.78 is 15.7. The standard InChI is InChI=1S/C17H26O5Si/c1-17(2,3)14(22-23(6)7)11-8-9-12(15(18)20-4)13(10-11)16(19)21-5/h8-10,14,23H,1-7H3. The van der Waals surface area contributed by atoms with Crippen molar-refractivity contribution in [1.82, 2.24) is 0 Å². The van der Waals surface area contributed by atoms with Gasteiger partial charge in [-0.25, -0.2) is 9.59 Å². The van der Waals surface area contributed by atoms with E-state index in [1.54, 1.807) is 12.1 Å². The molecule has 0 aromatic heterocycles. The number of rotatable bonds is 5. The van der Waals surface area contributed by atoms with Crippen LogP contribution in [-0.2, 0) is 13.9 Å². The molecule has 23 heavy (non-hydrogen) atoms. The van der Waals surface area contributed by atoms with E-state index in [1.165, 1.54) is 14.2 Å². The van der Waals surface area contributed by atoms with Gasteiger partial charge in [0.25, 0.3) is 0 Å². The van der Waals surface area contributed by atoms with Gasteiger partial charge in [0.05, 0.1) is 31.5 Å². The molecule has 0 N–H and O–H groups in total. The monoisotopic (exact) mass is 338 g/mol. The van der Waals surface area contributed by atoms with Gasteiger partial charge in [-0.15, -0.1) is 0 Å². The van der Waals surface area contributed by atoms with Crippen molar-refractivity contribution < 1.29 is 23.5 Å². The van der Waals surface area contributed by atoms with Crippen LogP contribution in [0.4, 0.5) is 0 Å². The Labute approximate surface area is 139 Å². The van der Waals surface area contributed by atoms with Crippen LogP contribution >= 0.6 is 0 Å². The average molecular weight is 338 g/mol. The Bertz CT molecular complexity index is 575. The van der Waals surface area contributed by atoms with Gasteiger partial charge in [0.15, 0.2) is 9.04 Å². The minimum Gasteiger partial charge on any atom is -0.465 e. The van der Waals surface area contributed by atoms with Gasteiger partial charge in [-0.2, -0.15) is 0 Å². The Hall–Kier alpha value is -1.66. The second-order valence-corrected chi connectivity index (χ2v) is 9.09. The summed E-state index contributed by atoms with van der Waals surface area (Å²) in [4.78, 5) is 23.9. The first-order valence-electron chi connectivity index (χ1n) is 7.57. The van der Waals surface area contributed by atoms with Crippen LogP contribution in [-0.4, -0.2) is 35.2 Å². The zero-order valence-electron chi connectivity index (χ0n) is 14.9. The molecule has 1 aromatic rings. The van der Waals surface area contributed by atoms with Crippen LogP contribution in [0.1, 0.15) is 53.2 Å². The quantitative estimate of drug-likeness (QED) is 0.608. The molecule has 1 atom stereocenters. The maximum Gasteiger partial charge on any atom is 0.338 e. The lowest BCUT2D eigenvalue weighted by Gasteiger charge is -2.33. The summed E-state index contributed by atoms with van der Waals surface area (Å²) in [6.45, 7) is 10.5. The first-order valence-corrected chi connectivity index (χ1v) is 10.4. The minimum atomic E-state index is -1.29. The predicted molar refractivity (Wildman–Crippen MR) is 91.3 cm³/mol. The van der Waals surface area contributed by atoms with Crippen LogP contribution in [0.25, 0.3) is 0 Å². The number of esters is 2. The molecule has 1 aromatic carbocycles. The largest absolute Gasteiger partial charge is 0.465 e. The normalized spacial score (nSPS) is 12.9. The molecule has 128 valence electrons. The Morgan fingerprint density at radius 2 is 1.52 bits per heavy atom. The number of carbonyl (C=O) groups is 2. The minimum absolute atomic E-state index is 0.141. The summed E-state index contributed by atoms with van der Waals surface area (Å²) in [5.41, 5.74) is 1.10. The molecule has 0 spiro atoms. The third kappa shape index (κ3) is 4.91. The Balaban J connectivity index is 3.42.